The molecule has 1 amide bonds. The number of nitrogens with one attached hydrogen (secondary N) is 1. The number of alkyl halides is 2. The van der Waals surface area contributed by atoms with Gasteiger partial charge in [-0.2, -0.15) is 8.78 Å². The average molecular weight is 348 g/mol. The summed E-state index contributed by atoms with van der Waals surface area (Å²) in [5.74, 6) is -4.37. The lowest BCUT2D eigenvalue weighted by Gasteiger charge is -2.06. The third kappa shape index (κ3) is 3.77. The zero-order valence-corrected chi connectivity index (χ0v) is 12.2. The van der Waals surface area contributed by atoms with Crippen LogP contribution in [0.2, 0.25) is 0 Å². The fourth-order valence-electron chi connectivity index (χ4n) is 1.55. The predicted octanol–water partition coefficient (Wildman–Crippen LogP) is 4.36. The molecule has 0 atom stereocenters. The molecular weight excluding hydrogens is 341 g/mol. The van der Waals surface area contributed by atoms with Gasteiger partial charge in [-0.05, 0) is 17.5 Å². The molecule has 0 aliphatic rings. The number of benzene rings is 1. The summed E-state index contributed by atoms with van der Waals surface area (Å²) in [6, 6.07) is 4.01. The second-order valence-corrected chi connectivity index (χ2v) is 5.82. The number of non-ortho nitro benzene ring substituents is 1. The van der Waals surface area contributed by atoms with Gasteiger partial charge in [0, 0.05) is 17.0 Å². The van der Waals surface area contributed by atoms with Gasteiger partial charge in [0.1, 0.15) is 10.7 Å². The van der Waals surface area contributed by atoms with Crippen LogP contribution >= 0.6 is 23.1 Å². The van der Waals surface area contributed by atoms with Gasteiger partial charge in [-0.3, -0.25) is 14.9 Å². The van der Waals surface area contributed by atoms with Crippen molar-refractivity contribution in [2.75, 3.05) is 5.32 Å². The van der Waals surface area contributed by atoms with E-state index in [1.807, 2.05) is 0 Å². The summed E-state index contributed by atoms with van der Waals surface area (Å²) < 4.78 is 38.3. The Hall–Kier alpha value is -2.07. The molecule has 0 radical (unpaired) electrons. The maximum absolute atomic E-state index is 13.6. The zero-order valence-electron chi connectivity index (χ0n) is 10.6. The number of thiophene rings is 1. The minimum atomic E-state index is -2.70. The summed E-state index contributed by atoms with van der Waals surface area (Å²) in [5, 5.41) is 14.2. The van der Waals surface area contributed by atoms with Crippen molar-refractivity contribution in [1.29, 1.82) is 0 Å². The third-order valence-corrected chi connectivity index (χ3v) is 4.28. The van der Waals surface area contributed by atoms with E-state index in [1.54, 1.807) is 0 Å². The molecule has 22 heavy (non-hydrogen) atoms. The molecule has 2 aromatic rings. The molecule has 2 rings (SSSR count). The summed E-state index contributed by atoms with van der Waals surface area (Å²) in [7, 11) is 0. The van der Waals surface area contributed by atoms with Crippen molar-refractivity contribution in [2.45, 2.75) is 10.7 Å². The number of hydrogen-bond acceptors (Lipinski definition) is 5. The summed E-state index contributed by atoms with van der Waals surface area (Å²) in [6.07, 6.45) is 0. The average Bonchev–Trinajstić information content (AvgIpc) is 2.88. The first-order chi connectivity index (χ1) is 10.4. The van der Waals surface area contributed by atoms with Crippen molar-refractivity contribution in [1.82, 2.24) is 0 Å². The van der Waals surface area contributed by atoms with Crippen LogP contribution in [0.5, 0.6) is 0 Å². The van der Waals surface area contributed by atoms with Gasteiger partial charge in [-0.1, -0.05) is 11.8 Å². The highest BCUT2D eigenvalue weighted by Crippen LogP contribution is 2.32. The largest absolute Gasteiger partial charge is 0.319 e. The number of thioether (sulfide) groups is 1. The first-order valence-corrected chi connectivity index (χ1v) is 7.42. The number of amides is 1. The Bertz CT molecular complexity index is 721. The standard InChI is InChI=1S/C12H7F3N2O3S2/c13-7-2-1-6(17(19)20)5-8(7)16-11(18)10-9(3-4-21-10)22-12(14)15/h1-5,12H,(H,16,18). The van der Waals surface area contributed by atoms with E-state index in [0.717, 1.165) is 29.5 Å². The minimum Gasteiger partial charge on any atom is -0.319 e. The number of halogens is 3. The lowest BCUT2D eigenvalue weighted by molar-refractivity contribution is -0.384. The first kappa shape index (κ1) is 16.3. The second-order valence-electron chi connectivity index (χ2n) is 3.87. The lowest BCUT2D eigenvalue weighted by Crippen LogP contribution is -2.12. The van der Waals surface area contributed by atoms with Crippen molar-refractivity contribution >= 4 is 40.4 Å². The second kappa shape index (κ2) is 6.79. The Kier molecular flexibility index (Phi) is 5.03. The van der Waals surface area contributed by atoms with Crippen LogP contribution in [0.3, 0.4) is 0 Å². The highest BCUT2D eigenvalue weighted by molar-refractivity contribution is 7.99. The molecule has 0 aliphatic heterocycles. The molecule has 1 aromatic heterocycles. The van der Waals surface area contributed by atoms with Crippen molar-refractivity contribution in [3.05, 3.63) is 50.5 Å². The van der Waals surface area contributed by atoms with E-state index in [4.69, 9.17) is 0 Å². The Morgan fingerprint density at radius 2 is 2.09 bits per heavy atom. The van der Waals surface area contributed by atoms with Gasteiger partial charge in [-0.15, -0.1) is 11.3 Å². The van der Waals surface area contributed by atoms with Crippen LogP contribution in [0.25, 0.3) is 0 Å². The Labute approximate surface area is 130 Å². The van der Waals surface area contributed by atoms with Gasteiger partial charge < -0.3 is 5.32 Å². The van der Waals surface area contributed by atoms with Crippen LogP contribution in [0.1, 0.15) is 9.67 Å². The van der Waals surface area contributed by atoms with E-state index >= 15 is 0 Å². The quantitative estimate of drug-likeness (QED) is 0.495. The van der Waals surface area contributed by atoms with Crippen LogP contribution in [-0.2, 0) is 0 Å². The van der Waals surface area contributed by atoms with Crippen LogP contribution in [0, 0.1) is 15.9 Å². The van der Waals surface area contributed by atoms with Crippen molar-refractivity contribution < 1.29 is 22.9 Å². The maximum atomic E-state index is 13.6. The van der Waals surface area contributed by atoms with Gasteiger partial charge in [0.2, 0.25) is 0 Å². The van der Waals surface area contributed by atoms with Gasteiger partial charge in [0.05, 0.1) is 10.6 Å². The zero-order chi connectivity index (χ0) is 16.3. The molecule has 5 nitrogen and oxygen atoms in total. The van der Waals surface area contributed by atoms with E-state index < -0.39 is 28.1 Å². The maximum Gasteiger partial charge on any atom is 0.288 e. The van der Waals surface area contributed by atoms with E-state index in [-0.39, 0.29) is 27.2 Å². The third-order valence-electron chi connectivity index (χ3n) is 2.46. The number of nitro benzene ring substituents is 1. The molecule has 1 N–H and O–H groups in total. The fourth-order valence-corrected chi connectivity index (χ4v) is 3.15. The monoisotopic (exact) mass is 348 g/mol. The number of anilines is 1. The van der Waals surface area contributed by atoms with E-state index in [9.17, 15) is 28.1 Å². The minimum absolute atomic E-state index is 0.0174. The molecule has 116 valence electrons. The van der Waals surface area contributed by atoms with Crippen LogP contribution < -0.4 is 5.32 Å². The first-order valence-electron chi connectivity index (χ1n) is 5.66. The number of hydrogen-bond donors (Lipinski definition) is 1. The summed E-state index contributed by atoms with van der Waals surface area (Å²) in [4.78, 5) is 22.0. The highest BCUT2D eigenvalue weighted by Gasteiger charge is 2.19. The lowest BCUT2D eigenvalue weighted by atomic mass is 10.2. The molecule has 0 saturated heterocycles. The molecule has 0 fully saturated rings. The van der Waals surface area contributed by atoms with Gasteiger partial charge in [-0.25, -0.2) is 4.39 Å². The fraction of sp³-hybridized carbons (Fsp3) is 0.0833. The summed E-state index contributed by atoms with van der Waals surface area (Å²) in [6.45, 7) is 0. The number of carbonyl (C=O) groups excluding carboxylic acids is 1. The topological polar surface area (TPSA) is 72.2 Å². The van der Waals surface area contributed by atoms with Crippen molar-refractivity contribution in [3.63, 3.8) is 0 Å². The summed E-state index contributed by atoms with van der Waals surface area (Å²) >= 11 is 1.11. The number of nitrogens with zero attached hydrogens (tertiary/aromatic N) is 1. The predicted molar refractivity (Wildman–Crippen MR) is 77.2 cm³/mol. The Morgan fingerprint density at radius 1 is 1.36 bits per heavy atom. The van der Waals surface area contributed by atoms with E-state index in [0.29, 0.717) is 0 Å². The molecule has 1 aromatic carbocycles. The normalized spacial score (nSPS) is 10.7. The van der Waals surface area contributed by atoms with Crippen molar-refractivity contribution in [2.24, 2.45) is 0 Å². The van der Waals surface area contributed by atoms with Crippen LogP contribution in [0.15, 0.2) is 34.5 Å². The van der Waals surface area contributed by atoms with Gasteiger partial charge >= 0.3 is 0 Å². The van der Waals surface area contributed by atoms with Crippen molar-refractivity contribution in [3.8, 4) is 0 Å². The number of nitro groups is 1. The molecule has 1 heterocycles. The van der Waals surface area contributed by atoms with Gasteiger partial charge in [0.25, 0.3) is 17.4 Å². The van der Waals surface area contributed by atoms with E-state index in [1.165, 1.54) is 11.4 Å². The molecule has 10 heteroatoms. The SMILES string of the molecule is O=C(Nc1cc([N+](=O)[O-])ccc1F)c1sccc1SC(F)F. The smallest absolute Gasteiger partial charge is 0.288 e. The highest BCUT2D eigenvalue weighted by atomic mass is 32.2. The molecule has 0 aliphatic carbocycles. The Balaban J connectivity index is 2.24. The van der Waals surface area contributed by atoms with Gasteiger partial charge in [0.15, 0.2) is 0 Å². The van der Waals surface area contributed by atoms with E-state index in [2.05, 4.69) is 5.32 Å². The molecular formula is C12H7F3N2O3S2. The Morgan fingerprint density at radius 3 is 2.73 bits per heavy atom. The molecule has 0 spiro atoms. The summed E-state index contributed by atoms with van der Waals surface area (Å²) in [5.41, 5.74) is -0.786. The number of rotatable bonds is 5. The molecule has 0 saturated carbocycles. The van der Waals surface area contributed by atoms with Crippen LogP contribution in [0.4, 0.5) is 24.5 Å². The van der Waals surface area contributed by atoms with Crippen LogP contribution in [-0.4, -0.2) is 16.6 Å². The molecule has 0 bridgehead atoms. The molecule has 0 unspecified atom stereocenters. The number of carbonyl (C=O) groups is 1.